The molecule has 6 nitrogen and oxygen atoms in total. The molecule has 2 fully saturated rings. The Morgan fingerprint density at radius 3 is 2.62 bits per heavy atom. The standard InChI is InChI=1S/C17H23FN4O2/c1-20-12-15(19-17(20)24)16(23)22-8-2-7-21(9-10-22)11-13-3-5-14(18)6-4-13/h3-6,15H,2,7-12H2,1H3,(H,19,24)/t15-/m0/s1. The van der Waals surface area contributed by atoms with Gasteiger partial charge in [0, 0.05) is 39.8 Å². The highest BCUT2D eigenvalue weighted by atomic mass is 19.1. The third kappa shape index (κ3) is 3.84. The molecule has 3 amide bonds. The van der Waals surface area contributed by atoms with Crippen molar-refractivity contribution in [2.24, 2.45) is 0 Å². The largest absolute Gasteiger partial charge is 0.340 e. The van der Waals surface area contributed by atoms with Gasteiger partial charge in [-0.3, -0.25) is 9.69 Å². The molecule has 2 aliphatic rings. The van der Waals surface area contributed by atoms with E-state index in [2.05, 4.69) is 10.2 Å². The predicted molar refractivity (Wildman–Crippen MR) is 87.8 cm³/mol. The normalized spacial score (nSPS) is 22.4. The quantitative estimate of drug-likeness (QED) is 0.893. The molecule has 24 heavy (non-hydrogen) atoms. The third-order valence-electron chi connectivity index (χ3n) is 4.62. The second-order valence-electron chi connectivity index (χ2n) is 6.46. The number of amides is 3. The van der Waals surface area contributed by atoms with E-state index in [4.69, 9.17) is 0 Å². The van der Waals surface area contributed by atoms with Crippen molar-refractivity contribution in [2.75, 3.05) is 39.8 Å². The summed E-state index contributed by atoms with van der Waals surface area (Å²) in [6, 6.07) is 5.91. The van der Waals surface area contributed by atoms with Gasteiger partial charge in [0.2, 0.25) is 5.91 Å². The van der Waals surface area contributed by atoms with E-state index in [1.165, 1.54) is 17.0 Å². The zero-order valence-corrected chi connectivity index (χ0v) is 13.9. The Labute approximate surface area is 141 Å². The highest BCUT2D eigenvalue weighted by Gasteiger charge is 2.34. The van der Waals surface area contributed by atoms with Gasteiger partial charge in [-0.15, -0.1) is 0 Å². The van der Waals surface area contributed by atoms with E-state index in [0.717, 1.165) is 31.6 Å². The molecule has 0 aromatic heterocycles. The van der Waals surface area contributed by atoms with E-state index in [1.54, 1.807) is 19.2 Å². The number of halogens is 1. The number of hydrogen-bond donors (Lipinski definition) is 1. The summed E-state index contributed by atoms with van der Waals surface area (Å²) in [5, 5.41) is 2.72. The topological polar surface area (TPSA) is 55.9 Å². The van der Waals surface area contributed by atoms with Crippen LogP contribution in [0.15, 0.2) is 24.3 Å². The molecule has 3 rings (SSSR count). The number of rotatable bonds is 3. The van der Waals surface area contributed by atoms with Crippen molar-refractivity contribution in [3.8, 4) is 0 Å². The van der Waals surface area contributed by atoms with Gasteiger partial charge in [0.1, 0.15) is 11.9 Å². The fraction of sp³-hybridized carbons (Fsp3) is 0.529. The van der Waals surface area contributed by atoms with E-state index in [0.29, 0.717) is 19.6 Å². The summed E-state index contributed by atoms with van der Waals surface area (Å²) in [7, 11) is 1.69. The highest BCUT2D eigenvalue weighted by molar-refractivity contribution is 5.90. The lowest BCUT2D eigenvalue weighted by molar-refractivity contribution is -0.132. The smallest absolute Gasteiger partial charge is 0.317 e. The molecule has 1 N–H and O–H groups in total. The van der Waals surface area contributed by atoms with Crippen molar-refractivity contribution in [3.05, 3.63) is 35.6 Å². The second kappa shape index (κ2) is 7.17. The van der Waals surface area contributed by atoms with Gasteiger partial charge in [-0.2, -0.15) is 0 Å². The van der Waals surface area contributed by atoms with Crippen molar-refractivity contribution < 1.29 is 14.0 Å². The van der Waals surface area contributed by atoms with Crippen LogP contribution in [0.1, 0.15) is 12.0 Å². The Hall–Kier alpha value is -2.15. The van der Waals surface area contributed by atoms with Crippen LogP contribution >= 0.6 is 0 Å². The van der Waals surface area contributed by atoms with Gasteiger partial charge in [0.25, 0.3) is 0 Å². The van der Waals surface area contributed by atoms with Gasteiger partial charge in [0.05, 0.1) is 6.54 Å². The molecule has 0 unspecified atom stereocenters. The van der Waals surface area contributed by atoms with E-state index in [-0.39, 0.29) is 17.8 Å². The van der Waals surface area contributed by atoms with E-state index < -0.39 is 6.04 Å². The zero-order valence-electron chi connectivity index (χ0n) is 13.9. The van der Waals surface area contributed by atoms with Gasteiger partial charge in [-0.1, -0.05) is 12.1 Å². The summed E-state index contributed by atoms with van der Waals surface area (Å²) >= 11 is 0. The number of hydrogen-bond acceptors (Lipinski definition) is 3. The van der Waals surface area contributed by atoms with E-state index >= 15 is 0 Å². The summed E-state index contributed by atoms with van der Waals surface area (Å²) in [4.78, 5) is 29.7. The van der Waals surface area contributed by atoms with Crippen LogP contribution in [0.4, 0.5) is 9.18 Å². The molecule has 130 valence electrons. The summed E-state index contributed by atoms with van der Waals surface area (Å²) in [6.45, 7) is 4.21. The fourth-order valence-corrected chi connectivity index (χ4v) is 3.22. The molecular weight excluding hydrogens is 311 g/mol. The number of nitrogens with one attached hydrogen (secondary N) is 1. The van der Waals surface area contributed by atoms with Crippen molar-refractivity contribution in [1.82, 2.24) is 20.0 Å². The minimum atomic E-state index is -0.439. The lowest BCUT2D eigenvalue weighted by Crippen LogP contribution is -2.46. The average molecular weight is 334 g/mol. The number of nitrogens with zero attached hydrogens (tertiary/aromatic N) is 3. The maximum Gasteiger partial charge on any atom is 0.317 e. The molecule has 1 aromatic carbocycles. The first-order valence-corrected chi connectivity index (χ1v) is 8.30. The minimum absolute atomic E-state index is 0.00340. The van der Waals surface area contributed by atoms with E-state index in [9.17, 15) is 14.0 Å². The van der Waals surface area contributed by atoms with Gasteiger partial charge < -0.3 is 15.1 Å². The molecule has 1 atom stereocenters. The number of carbonyl (C=O) groups excluding carboxylic acids is 2. The number of urea groups is 1. The summed E-state index contributed by atoms with van der Waals surface area (Å²) in [6.07, 6.45) is 0.892. The molecule has 1 aromatic rings. The summed E-state index contributed by atoms with van der Waals surface area (Å²) in [5.74, 6) is -0.230. The molecule has 0 saturated carbocycles. The SMILES string of the molecule is CN1C[C@@H](C(=O)N2CCCN(Cc3ccc(F)cc3)CC2)NC1=O. The Bertz CT molecular complexity index is 607. The average Bonchev–Trinajstić information content (AvgIpc) is 2.77. The molecule has 2 heterocycles. The Kier molecular flexibility index (Phi) is 4.99. The summed E-state index contributed by atoms with van der Waals surface area (Å²) in [5.41, 5.74) is 1.07. The van der Waals surface area contributed by atoms with Crippen LogP contribution in [-0.2, 0) is 11.3 Å². The van der Waals surface area contributed by atoms with Crippen LogP contribution in [0.25, 0.3) is 0 Å². The van der Waals surface area contributed by atoms with E-state index in [1.807, 2.05) is 4.90 Å². The van der Waals surface area contributed by atoms with Crippen molar-refractivity contribution in [3.63, 3.8) is 0 Å². The fourth-order valence-electron chi connectivity index (χ4n) is 3.22. The molecule has 0 radical (unpaired) electrons. The zero-order chi connectivity index (χ0) is 17.1. The first-order valence-electron chi connectivity index (χ1n) is 8.30. The molecule has 2 aliphatic heterocycles. The van der Waals surface area contributed by atoms with Crippen LogP contribution in [0.3, 0.4) is 0 Å². The van der Waals surface area contributed by atoms with Crippen molar-refractivity contribution in [2.45, 2.75) is 19.0 Å². The van der Waals surface area contributed by atoms with Crippen molar-refractivity contribution in [1.29, 1.82) is 0 Å². The minimum Gasteiger partial charge on any atom is -0.340 e. The highest BCUT2D eigenvalue weighted by Crippen LogP contribution is 2.12. The maximum absolute atomic E-state index is 13.0. The first kappa shape index (κ1) is 16.7. The lowest BCUT2D eigenvalue weighted by atomic mass is 10.2. The Morgan fingerprint density at radius 1 is 1.21 bits per heavy atom. The predicted octanol–water partition coefficient (Wildman–Crippen LogP) is 0.884. The lowest BCUT2D eigenvalue weighted by Gasteiger charge is -2.24. The van der Waals surface area contributed by atoms with Crippen LogP contribution in [-0.4, -0.2) is 72.5 Å². The van der Waals surface area contributed by atoms with Gasteiger partial charge in [0.15, 0.2) is 0 Å². The van der Waals surface area contributed by atoms with Crippen LogP contribution in [0.5, 0.6) is 0 Å². The number of carbonyl (C=O) groups is 2. The molecule has 0 spiro atoms. The second-order valence-corrected chi connectivity index (χ2v) is 6.46. The van der Waals surface area contributed by atoms with Crippen LogP contribution in [0, 0.1) is 5.82 Å². The van der Waals surface area contributed by atoms with Gasteiger partial charge >= 0.3 is 6.03 Å². The molecule has 0 aliphatic carbocycles. The Morgan fingerprint density at radius 2 is 1.96 bits per heavy atom. The number of benzene rings is 1. The van der Waals surface area contributed by atoms with Crippen LogP contribution < -0.4 is 5.32 Å². The van der Waals surface area contributed by atoms with Gasteiger partial charge in [-0.05, 0) is 24.1 Å². The monoisotopic (exact) mass is 334 g/mol. The molecule has 7 heteroatoms. The first-order chi connectivity index (χ1) is 11.5. The third-order valence-corrected chi connectivity index (χ3v) is 4.62. The molecule has 2 saturated heterocycles. The summed E-state index contributed by atoms with van der Waals surface area (Å²) < 4.78 is 13.0. The number of likely N-dealkylation sites (N-methyl/N-ethyl adjacent to an activating group) is 1. The molecular formula is C17H23FN4O2. The Balaban J connectivity index is 1.54. The molecule has 0 bridgehead atoms. The van der Waals surface area contributed by atoms with Crippen molar-refractivity contribution >= 4 is 11.9 Å². The maximum atomic E-state index is 13.0. The van der Waals surface area contributed by atoms with Gasteiger partial charge in [-0.25, -0.2) is 9.18 Å². The van der Waals surface area contributed by atoms with Crippen LogP contribution in [0.2, 0.25) is 0 Å².